The SMILES string of the molecule is COc1c(C)c2c(c(OC)c1CC=C(C)CCC=C(C)C)C(=O)OC2. The zero-order valence-electron chi connectivity index (χ0n) is 16.1. The van der Waals surface area contributed by atoms with Crippen LogP contribution in [0.5, 0.6) is 11.5 Å². The molecule has 0 radical (unpaired) electrons. The second-order valence-corrected chi connectivity index (χ2v) is 6.67. The number of hydrogen-bond donors (Lipinski definition) is 0. The minimum atomic E-state index is -0.317. The molecule has 2 rings (SSSR count). The van der Waals surface area contributed by atoms with Gasteiger partial charge in [0.05, 0.1) is 14.2 Å². The molecule has 1 aromatic carbocycles. The lowest BCUT2D eigenvalue weighted by molar-refractivity contribution is 0.0532. The van der Waals surface area contributed by atoms with Crippen molar-refractivity contribution in [1.29, 1.82) is 0 Å². The molecule has 0 saturated heterocycles. The highest BCUT2D eigenvalue weighted by molar-refractivity contribution is 5.98. The molecule has 136 valence electrons. The molecule has 1 aliphatic rings. The molecule has 0 spiro atoms. The van der Waals surface area contributed by atoms with Gasteiger partial charge in [-0.25, -0.2) is 4.79 Å². The highest BCUT2D eigenvalue weighted by Crippen LogP contribution is 2.42. The first-order chi connectivity index (χ1) is 11.9. The Bertz CT molecular complexity index is 722. The summed E-state index contributed by atoms with van der Waals surface area (Å²) in [5.41, 5.74) is 5.92. The van der Waals surface area contributed by atoms with Crippen molar-refractivity contribution in [3.63, 3.8) is 0 Å². The highest BCUT2D eigenvalue weighted by Gasteiger charge is 2.32. The van der Waals surface area contributed by atoms with E-state index < -0.39 is 0 Å². The summed E-state index contributed by atoms with van der Waals surface area (Å²) in [6.45, 7) is 8.60. The summed E-state index contributed by atoms with van der Waals surface area (Å²) in [5.74, 6) is 1.04. The van der Waals surface area contributed by atoms with Crippen LogP contribution >= 0.6 is 0 Å². The third kappa shape index (κ3) is 4.06. The second-order valence-electron chi connectivity index (χ2n) is 6.67. The minimum Gasteiger partial charge on any atom is -0.496 e. The van der Waals surface area contributed by atoms with Gasteiger partial charge < -0.3 is 14.2 Å². The van der Waals surface area contributed by atoms with E-state index in [1.54, 1.807) is 14.2 Å². The van der Waals surface area contributed by atoms with Crippen LogP contribution in [0.25, 0.3) is 0 Å². The van der Waals surface area contributed by atoms with Gasteiger partial charge in [-0.2, -0.15) is 0 Å². The van der Waals surface area contributed by atoms with E-state index in [2.05, 4.69) is 32.9 Å². The van der Waals surface area contributed by atoms with Gasteiger partial charge >= 0.3 is 5.97 Å². The van der Waals surface area contributed by atoms with E-state index in [9.17, 15) is 4.79 Å². The maximum atomic E-state index is 12.1. The van der Waals surface area contributed by atoms with E-state index >= 15 is 0 Å². The fourth-order valence-electron chi connectivity index (χ4n) is 3.20. The lowest BCUT2D eigenvalue weighted by Gasteiger charge is -2.18. The molecule has 1 heterocycles. The third-order valence-corrected chi connectivity index (χ3v) is 4.58. The maximum absolute atomic E-state index is 12.1. The molecule has 0 unspecified atom stereocenters. The smallest absolute Gasteiger partial charge is 0.342 e. The first-order valence-electron chi connectivity index (χ1n) is 8.63. The van der Waals surface area contributed by atoms with Crippen molar-refractivity contribution < 1.29 is 19.0 Å². The van der Waals surface area contributed by atoms with Crippen LogP contribution in [0, 0.1) is 6.92 Å². The molecule has 0 amide bonds. The summed E-state index contributed by atoms with van der Waals surface area (Å²) >= 11 is 0. The molecule has 1 aliphatic heterocycles. The number of fused-ring (bicyclic) bond motifs is 1. The Hall–Kier alpha value is -2.23. The topological polar surface area (TPSA) is 44.8 Å². The van der Waals surface area contributed by atoms with Crippen molar-refractivity contribution >= 4 is 5.97 Å². The number of hydrogen-bond acceptors (Lipinski definition) is 4. The molecule has 0 bridgehead atoms. The van der Waals surface area contributed by atoms with Crippen LogP contribution in [0.4, 0.5) is 0 Å². The van der Waals surface area contributed by atoms with Crippen LogP contribution < -0.4 is 9.47 Å². The van der Waals surface area contributed by atoms with Gasteiger partial charge in [0.15, 0.2) is 0 Å². The van der Waals surface area contributed by atoms with Crippen LogP contribution in [0.1, 0.15) is 60.7 Å². The quantitative estimate of drug-likeness (QED) is 0.520. The predicted molar refractivity (Wildman–Crippen MR) is 99.5 cm³/mol. The van der Waals surface area contributed by atoms with Crippen molar-refractivity contribution in [3.05, 3.63) is 45.6 Å². The Morgan fingerprint density at radius 1 is 1.12 bits per heavy atom. The molecule has 0 atom stereocenters. The van der Waals surface area contributed by atoms with Crippen LogP contribution in [0.2, 0.25) is 0 Å². The maximum Gasteiger partial charge on any atom is 0.342 e. The largest absolute Gasteiger partial charge is 0.496 e. The van der Waals surface area contributed by atoms with E-state index in [1.807, 2.05) is 6.92 Å². The monoisotopic (exact) mass is 344 g/mol. The fourth-order valence-corrected chi connectivity index (χ4v) is 3.20. The number of carbonyl (C=O) groups excluding carboxylic acids is 1. The molecule has 0 fully saturated rings. The summed E-state index contributed by atoms with van der Waals surface area (Å²) in [6, 6.07) is 0. The molecule has 0 N–H and O–H groups in total. The van der Waals surface area contributed by atoms with Gasteiger partial charge in [-0.05, 0) is 52.5 Å². The van der Waals surface area contributed by atoms with Crippen LogP contribution in [-0.2, 0) is 17.8 Å². The zero-order chi connectivity index (χ0) is 18.6. The van der Waals surface area contributed by atoms with Gasteiger partial charge in [-0.1, -0.05) is 23.3 Å². The second kappa shape index (κ2) is 8.24. The fraction of sp³-hybridized carbons (Fsp3) is 0.476. The van der Waals surface area contributed by atoms with Gasteiger partial charge in [0.25, 0.3) is 0 Å². The molecule has 1 aromatic rings. The van der Waals surface area contributed by atoms with Crippen molar-refractivity contribution in [3.8, 4) is 11.5 Å². The van der Waals surface area contributed by atoms with Gasteiger partial charge in [0.1, 0.15) is 23.7 Å². The molecule has 0 aliphatic carbocycles. The number of allylic oxidation sites excluding steroid dienone is 4. The van der Waals surface area contributed by atoms with Crippen LogP contribution in [0.3, 0.4) is 0 Å². The summed E-state index contributed by atoms with van der Waals surface area (Å²) in [6.07, 6.45) is 7.14. The molecule has 4 heteroatoms. The summed E-state index contributed by atoms with van der Waals surface area (Å²) in [4.78, 5) is 12.1. The molecule has 4 nitrogen and oxygen atoms in total. The Morgan fingerprint density at radius 2 is 1.80 bits per heavy atom. The Morgan fingerprint density at radius 3 is 2.40 bits per heavy atom. The van der Waals surface area contributed by atoms with Crippen LogP contribution in [0.15, 0.2) is 23.3 Å². The van der Waals surface area contributed by atoms with Gasteiger partial charge in [0, 0.05) is 11.1 Å². The van der Waals surface area contributed by atoms with Gasteiger partial charge in [-0.3, -0.25) is 0 Å². The number of cyclic esters (lactones) is 1. The summed E-state index contributed by atoms with van der Waals surface area (Å²) in [7, 11) is 3.24. The van der Waals surface area contributed by atoms with E-state index in [-0.39, 0.29) is 12.6 Å². The van der Waals surface area contributed by atoms with Crippen molar-refractivity contribution in [1.82, 2.24) is 0 Å². The number of ether oxygens (including phenoxy) is 3. The van der Waals surface area contributed by atoms with E-state index in [1.165, 1.54) is 11.1 Å². The highest BCUT2D eigenvalue weighted by atomic mass is 16.5. The normalized spacial score (nSPS) is 13.4. The number of carbonyl (C=O) groups is 1. The average molecular weight is 344 g/mol. The van der Waals surface area contributed by atoms with Gasteiger partial charge in [0.2, 0.25) is 0 Å². The van der Waals surface area contributed by atoms with E-state index in [0.717, 1.165) is 35.3 Å². The molecule has 0 aromatic heterocycles. The minimum absolute atomic E-state index is 0.282. The Balaban J connectivity index is 2.37. The van der Waals surface area contributed by atoms with Crippen molar-refractivity contribution in [2.75, 3.05) is 14.2 Å². The molecule has 0 saturated carbocycles. The van der Waals surface area contributed by atoms with Crippen LogP contribution in [-0.4, -0.2) is 20.2 Å². The molecular formula is C21H28O4. The Kier molecular flexibility index (Phi) is 6.29. The lowest BCUT2D eigenvalue weighted by Crippen LogP contribution is -2.06. The Labute approximate surface area is 150 Å². The number of rotatable bonds is 7. The summed E-state index contributed by atoms with van der Waals surface area (Å²) in [5, 5.41) is 0. The predicted octanol–water partition coefficient (Wildman–Crippen LogP) is 4.92. The average Bonchev–Trinajstić information content (AvgIpc) is 2.95. The lowest BCUT2D eigenvalue weighted by atomic mass is 9.94. The standard InChI is InChI=1S/C21H28O4/c1-13(2)8-7-9-14(3)10-11-16-19(23-5)15(4)17-12-25-21(22)18(17)20(16)24-6/h8,10H,7,9,11-12H2,1-6H3. The molecular weight excluding hydrogens is 316 g/mol. The zero-order valence-corrected chi connectivity index (χ0v) is 16.1. The van der Waals surface area contributed by atoms with E-state index in [4.69, 9.17) is 14.2 Å². The first-order valence-corrected chi connectivity index (χ1v) is 8.63. The van der Waals surface area contributed by atoms with Crippen molar-refractivity contribution in [2.45, 2.75) is 53.6 Å². The summed E-state index contributed by atoms with van der Waals surface area (Å²) < 4.78 is 16.4. The van der Waals surface area contributed by atoms with Crippen molar-refractivity contribution in [2.24, 2.45) is 0 Å². The number of methoxy groups -OCH3 is 2. The van der Waals surface area contributed by atoms with E-state index in [0.29, 0.717) is 17.7 Å². The van der Waals surface area contributed by atoms with Gasteiger partial charge in [-0.15, -0.1) is 0 Å². The number of esters is 1. The third-order valence-electron chi connectivity index (χ3n) is 4.58. The molecule has 25 heavy (non-hydrogen) atoms. The number of benzene rings is 1. The first kappa shape index (κ1) is 19.1.